The molecule has 0 aromatic carbocycles. The molecule has 0 unspecified atom stereocenters. The molecule has 4 heterocycles. The van der Waals surface area contributed by atoms with Crippen molar-refractivity contribution in [2.45, 2.75) is 32.5 Å². The Bertz CT molecular complexity index is 1040. The van der Waals surface area contributed by atoms with Gasteiger partial charge in [-0.15, -0.1) is 0 Å². The standard InChI is InChI=1S/C17H23N9S/c1-12-21-25(17(27)26(12)13-3-4-13)11-23-5-7-24(8-6-23)16-14-9-20-22(2)15(14)18-10-19-16/h9-10,13H,3-8,11H2,1-2H3. The molecule has 1 saturated heterocycles. The summed E-state index contributed by atoms with van der Waals surface area (Å²) in [5, 5.41) is 10.00. The molecule has 0 spiro atoms. The zero-order valence-corrected chi connectivity index (χ0v) is 16.4. The normalized spacial score (nSPS) is 18.5. The van der Waals surface area contributed by atoms with E-state index in [4.69, 9.17) is 12.2 Å². The fraction of sp³-hybridized carbons (Fsp3) is 0.588. The lowest BCUT2D eigenvalue weighted by Gasteiger charge is -2.35. The van der Waals surface area contributed by atoms with E-state index in [0.29, 0.717) is 6.04 Å². The lowest BCUT2D eigenvalue weighted by molar-refractivity contribution is 0.193. The van der Waals surface area contributed by atoms with E-state index in [1.54, 1.807) is 11.0 Å². The average Bonchev–Trinajstić information content (AvgIpc) is 3.37. The second-order valence-corrected chi connectivity index (χ2v) is 7.74. The van der Waals surface area contributed by atoms with Crippen LogP contribution in [0.2, 0.25) is 0 Å². The van der Waals surface area contributed by atoms with Gasteiger partial charge in [-0.25, -0.2) is 14.6 Å². The van der Waals surface area contributed by atoms with Crippen LogP contribution in [0, 0.1) is 11.7 Å². The Labute approximate surface area is 162 Å². The van der Waals surface area contributed by atoms with Gasteiger partial charge in [-0.1, -0.05) is 0 Å². The molecule has 142 valence electrons. The van der Waals surface area contributed by atoms with Crippen LogP contribution < -0.4 is 4.90 Å². The highest BCUT2D eigenvalue weighted by molar-refractivity contribution is 7.71. The third kappa shape index (κ3) is 2.92. The van der Waals surface area contributed by atoms with Gasteiger partial charge in [-0.3, -0.25) is 9.58 Å². The highest BCUT2D eigenvalue weighted by atomic mass is 32.1. The summed E-state index contributed by atoms with van der Waals surface area (Å²) in [6.45, 7) is 6.52. The van der Waals surface area contributed by atoms with E-state index < -0.39 is 0 Å². The van der Waals surface area contributed by atoms with Gasteiger partial charge in [0.1, 0.15) is 18.0 Å². The number of anilines is 1. The number of rotatable bonds is 4. The lowest BCUT2D eigenvalue weighted by atomic mass is 10.3. The average molecular weight is 386 g/mol. The van der Waals surface area contributed by atoms with Crippen LogP contribution in [-0.4, -0.2) is 65.2 Å². The fourth-order valence-corrected chi connectivity index (χ4v) is 4.25. The van der Waals surface area contributed by atoms with Gasteiger partial charge in [0.15, 0.2) is 10.4 Å². The molecule has 2 aliphatic rings. The second-order valence-electron chi connectivity index (χ2n) is 7.38. The molecule has 27 heavy (non-hydrogen) atoms. The maximum absolute atomic E-state index is 5.65. The molecule has 0 N–H and O–H groups in total. The van der Waals surface area contributed by atoms with Crippen molar-refractivity contribution in [2.24, 2.45) is 7.05 Å². The Morgan fingerprint density at radius 1 is 1.15 bits per heavy atom. The van der Waals surface area contributed by atoms with E-state index >= 15 is 0 Å². The summed E-state index contributed by atoms with van der Waals surface area (Å²) in [6, 6.07) is 0.572. The summed E-state index contributed by atoms with van der Waals surface area (Å²) in [5.41, 5.74) is 0.870. The molecule has 3 aromatic rings. The monoisotopic (exact) mass is 385 g/mol. The first-order valence-corrected chi connectivity index (χ1v) is 9.78. The SMILES string of the molecule is Cc1nn(CN2CCN(c3ncnc4c3cnn4C)CC2)c(=S)n1C1CC1. The highest BCUT2D eigenvalue weighted by Gasteiger charge is 2.28. The number of hydrogen-bond acceptors (Lipinski definition) is 7. The summed E-state index contributed by atoms with van der Waals surface area (Å²) in [4.78, 5) is 13.6. The minimum atomic E-state index is 0.572. The van der Waals surface area contributed by atoms with Crippen LogP contribution in [0.3, 0.4) is 0 Å². The number of hydrogen-bond donors (Lipinski definition) is 0. The molecule has 9 nitrogen and oxygen atoms in total. The first-order chi connectivity index (χ1) is 13.1. The van der Waals surface area contributed by atoms with E-state index in [1.807, 2.05) is 17.9 Å². The molecule has 1 aliphatic carbocycles. The zero-order chi connectivity index (χ0) is 18.5. The zero-order valence-electron chi connectivity index (χ0n) is 15.6. The molecule has 10 heteroatoms. The third-order valence-electron chi connectivity index (χ3n) is 5.47. The number of aromatic nitrogens is 7. The van der Waals surface area contributed by atoms with Crippen molar-refractivity contribution in [1.29, 1.82) is 0 Å². The van der Waals surface area contributed by atoms with Crippen LogP contribution >= 0.6 is 12.2 Å². The molecular formula is C17H23N9S. The lowest BCUT2D eigenvalue weighted by Crippen LogP contribution is -2.47. The Morgan fingerprint density at radius 3 is 2.67 bits per heavy atom. The van der Waals surface area contributed by atoms with Gasteiger partial charge in [0.05, 0.1) is 18.3 Å². The van der Waals surface area contributed by atoms with E-state index in [9.17, 15) is 0 Å². The van der Waals surface area contributed by atoms with Gasteiger partial charge in [0, 0.05) is 39.3 Å². The van der Waals surface area contributed by atoms with Crippen LogP contribution in [-0.2, 0) is 13.7 Å². The minimum absolute atomic E-state index is 0.572. The van der Waals surface area contributed by atoms with Gasteiger partial charge in [-0.05, 0) is 32.0 Å². The fourth-order valence-electron chi connectivity index (χ4n) is 3.87. The van der Waals surface area contributed by atoms with Crippen LogP contribution in [0.5, 0.6) is 0 Å². The summed E-state index contributed by atoms with van der Waals surface area (Å²) >= 11 is 5.65. The minimum Gasteiger partial charge on any atom is -0.353 e. The first kappa shape index (κ1) is 16.8. The Hall–Kier alpha value is -2.33. The Balaban J connectivity index is 1.29. The van der Waals surface area contributed by atoms with Gasteiger partial charge < -0.3 is 9.47 Å². The summed E-state index contributed by atoms with van der Waals surface area (Å²) in [6.07, 6.45) is 5.92. The number of fused-ring (bicyclic) bond motifs is 1. The van der Waals surface area contributed by atoms with Gasteiger partial charge >= 0.3 is 0 Å². The molecule has 0 amide bonds. The topological polar surface area (TPSA) is 72.8 Å². The molecule has 5 rings (SSSR count). The Kier molecular flexibility index (Phi) is 3.97. The molecule has 0 radical (unpaired) electrons. The van der Waals surface area contributed by atoms with E-state index in [1.165, 1.54) is 12.8 Å². The van der Waals surface area contributed by atoms with Crippen molar-refractivity contribution in [3.8, 4) is 0 Å². The smallest absolute Gasteiger partial charge is 0.199 e. The number of nitrogens with zero attached hydrogens (tertiary/aromatic N) is 9. The largest absolute Gasteiger partial charge is 0.353 e. The molecule has 0 bridgehead atoms. The van der Waals surface area contributed by atoms with E-state index in [2.05, 4.69) is 41.5 Å². The summed E-state index contributed by atoms with van der Waals surface area (Å²) in [5.74, 6) is 2.00. The first-order valence-electron chi connectivity index (χ1n) is 9.38. The molecule has 0 atom stereocenters. The van der Waals surface area contributed by atoms with Gasteiger partial charge in [0.25, 0.3) is 0 Å². The molecule has 1 saturated carbocycles. The van der Waals surface area contributed by atoms with Gasteiger partial charge in [-0.2, -0.15) is 10.2 Å². The number of piperazine rings is 1. The predicted octanol–water partition coefficient (Wildman–Crippen LogP) is 1.51. The van der Waals surface area contributed by atoms with Gasteiger partial charge in [0.2, 0.25) is 0 Å². The van der Waals surface area contributed by atoms with Crippen molar-refractivity contribution >= 4 is 29.1 Å². The third-order valence-corrected chi connectivity index (χ3v) is 5.87. The van der Waals surface area contributed by atoms with Crippen LogP contribution in [0.1, 0.15) is 24.7 Å². The quantitative estimate of drug-likeness (QED) is 0.631. The van der Waals surface area contributed by atoms with Crippen molar-refractivity contribution in [1.82, 2.24) is 39.0 Å². The van der Waals surface area contributed by atoms with Crippen molar-refractivity contribution in [3.05, 3.63) is 23.1 Å². The van der Waals surface area contributed by atoms with Crippen molar-refractivity contribution in [2.75, 3.05) is 31.1 Å². The van der Waals surface area contributed by atoms with Crippen molar-refractivity contribution < 1.29 is 0 Å². The number of aryl methyl sites for hydroxylation is 2. The maximum atomic E-state index is 5.65. The van der Waals surface area contributed by atoms with Crippen LogP contribution in [0.15, 0.2) is 12.5 Å². The molecular weight excluding hydrogens is 362 g/mol. The van der Waals surface area contributed by atoms with Crippen molar-refractivity contribution in [3.63, 3.8) is 0 Å². The highest BCUT2D eigenvalue weighted by Crippen LogP contribution is 2.36. The molecule has 1 aliphatic heterocycles. The van der Waals surface area contributed by atoms with E-state index in [-0.39, 0.29) is 0 Å². The molecule has 2 fully saturated rings. The summed E-state index contributed by atoms with van der Waals surface area (Å²) < 4.78 is 6.83. The predicted molar refractivity (Wildman–Crippen MR) is 104 cm³/mol. The van der Waals surface area contributed by atoms with Crippen LogP contribution in [0.25, 0.3) is 11.0 Å². The summed E-state index contributed by atoms with van der Waals surface area (Å²) in [7, 11) is 1.91. The van der Waals surface area contributed by atoms with E-state index in [0.717, 1.165) is 60.3 Å². The second kappa shape index (κ2) is 6.38. The molecule has 3 aromatic heterocycles. The van der Waals surface area contributed by atoms with Crippen LogP contribution in [0.4, 0.5) is 5.82 Å². The maximum Gasteiger partial charge on any atom is 0.199 e. The Morgan fingerprint density at radius 2 is 1.93 bits per heavy atom.